The molecule has 0 bridgehead atoms. The molecule has 32 heavy (non-hydrogen) atoms. The quantitative estimate of drug-likeness (QED) is 0.329. The van der Waals surface area contributed by atoms with Crippen LogP contribution in [0.2, 0.25) is 0 Å². The smallest absolute Gasteiger partial charge is 0.434 e. The Morgan fingerprint density at radius 2 is 1.59 bits per heavy atom. The summed E-state index contributed by atoms with van der Waals surface area (Å²) in [6, 6.07) is 9.10. The van der Waals surface area contributed by atoms with Gasteiger partial charge in [-0.2, -0.15) is 26.3 Å². The van der Waals surface area contributed by atoms with E-state index < -0.39 is 35.1 Å². The maximum Gasteiger partial charge on any atom is 0.434 e. The lowest BCUT2D eigenvalue weighted by Gasteiger charge is -2.19. The first kappa shape index (κ1) is 21.8. The second kappa shape index (κ2) is 7.59. The first-order chi connectivity index (χ1) is 15.0. The molecule has 5 nitrogen and oxygen atoms in total. The van der Waals surface area contributed by atoms with Crippen LogP contribution >= 0.6 is 0 Å². The summed E-state index contributed by atoms with van der Waals surface area (Å²) in [5.41, 5.74) is -2.46. The highest BCUT2D eigenvalue weighted by molar-refractivity contribution is 6.06. The van der Waals surface area contributed by atoms with E-state index in [-0.39, 0.29) is 27.8 Å². The number of alkyl halides is 6. The number of halogens is 6. The number of benzene rings is 2. The van der Waals surface area contributed by atoms with Crippen molar-refractivity contribution in [2.75, 3.05) is 7.11 Å². The molecule has 0 spiro atoms. The Bertz CT molecular complexity index is 1300. The van der Waals surface area contributed by atoms with Gasteiger partial charge in [0.25, 0.3) is 0 Å². The Labute approximate surface area is 176 Å². The van der Waals surface area contributed by atoms with Gasteiger partial charge in [-0.05, 0) is 42.0 Å². The summed E-state index contributed by atoms with van der Waals surface area (Å²) in [6.45, 7) is 0. The molecular weight excluding hydrogens is 440 g/mol. The molecule has 0 aliphatic heterocycles. The lowest BCUT2D eigenvalue weighted by atomic mass is 9.98. The fraction of sp³-hybridized carbons (Fsp3) is 0.190. The Morgan fingerprint density at radius 1 is 0.906 bits per heavy atom. The molecule has 2 aromatic heterocycles. The number of aliphatic hydroxyl groups is 1. The molecule has 2 heterocycles. The van der Waals surface area contributed by atoms with Crippen LogP contribution in [0.15, 0.2) is 48.7 Å². The summed E-state index contributed by atoms with van der Waals surface area (Å²) in [4.78, 5) is 11.8. The van der Waals surface area contributed by atoms with Gasteiger partial charge in [-0.25, -0.2) is 9.97 Å². The van der Waals surface area contributed by atoms with Gasteiger partial charge in [-0.3, -0.25) is 4.98 Å². The molecule has 166 valence electrons. The van der Waals surface area contributed by atoms with Crippen molar-refractivity contribution >= 4 is 21.8 Å². The highest BCUT2D eigenvalue weighted by Crippen LogP contribution is 2.41. The van der Waals surface area contributed by atoms with Gasteiger partial charge in [-0.15, -0.1) is 0 Å². The van der Waals surface area contributed by atoms with Crippen molar-refractivity contribution in [1.82, 2.24) is 15.0 Å². The van der Waals surface area contributed by atoms with Gasteiger partial charge in [0.2, 0.25) is 0 Å². The number of nitrogens with zero attached hydrogens (tertiary/aromatic N) is 3. The Hall–Kier alpha value is -3.47. The van der Waals surface area contributed by atoms with Crippen molar-refractivity contribution in [2.24, 2.45) is 0 Å². The molecule has 0 saturated carbocycles. The summed E-state index contributed by atoms with van der Waals surface area (Å²) >= 11 is 0. The average molecular weight is 453 g/mol. The second-order valence-corrected chi connectivity index (χ2v) is 6.83. The molecule has 2 aromatic carbocycles. The molecule has 0 saturated heterocycles. The van der Waals surface area contributed by atoms with E-state index in [2.05, 4.69) is 15.0 Å². The largest absolute Gasteiger partial charge is 0.497 e. The molecule has 1 atom stereocenters. The fourth-order valence-electron chi connectivity index (χ4n) is 3.33. The van der Waals surface area contributed by atoms with E-state index in [0.717, 1.165) is 0 Å². The van der Waals surface area contributed by atoms with Crippen molar-refractivity contribution in [3.8, 4) is 17.1 Å². The van der Waals surface area contributed by atoms with Gasteiger partial charge < -0.3 is 9.84 Å². The van der Waals surface area contributed by atoms with Crippen molar-refractivity contribution in [3.05, 3.63) is 59.9 Å². The number of ether oxygens (including phenoxy) is 1. The minimum atomic E-state index is -5.10. The van der Waals surface area contributed by atoms with Gasteiger partial charge in [0.1, 0.15) is 11.3 Å². The highest BCUT2D eigenvalue weighted by atomic mass is 19.4. The number of pyridine rings is 1. The molecule has 1 N–H and O–H groups in total. The van der Waals surface area contributed by atoms with Gasteiger partial charge in [-0.1, -0.05) is 6.07 Å². The van der Waals surface area contributed by atoms with Crippen LogP contribution in [0.25, 0.3) is 33.2 Å². The molecule has 0 aliphatic rings. The second-order valence-electron chi connectivity index (χ2n) is 6.83. The molecule has 4 aromatic rings. The molecule has 0 radical (unpaired) electrons. The third-order valence-electron chi connectivity index (χ3n) is 4.81. The number of rotatable bonds is 3. The van der Waals surface area contributed by atoms with Crippen molar-refractivity contribution < 1.29 is 36.2 Å². The summed E-state index contributed by atoms with van der Waals surface area (Å²) in [7, 11) is 1.42. The number of methoxy groups -OCH3 is 1. The third-order valence-corrected chi connectivity index (χ3v) is 4.81. The van der Waals surface area contributed by atoms with Gasteiger partial charge >= 0.3 is 12.4 Å². The Balaban J connectivity index is 2.10. The minimum Gasteiger partial charge on any atom is -0.497 e. The first-order valence-corrected chi connectivity index (χ1v) is 9.06. The van der Waals surface area contributed by atoms with E-state index in [1.165, 1.54) is 49.7 Å². The maximum atomic E-state index is 13.9. The predicted molar refractivity (Wildman–Crippen MR) is 103 cm³/mol. The first-order valence-electron chi connectivity index (χ1n) is 9.06. The van der Waals surface area contributed by atoms with Crippen LogP contribution in [-0.2, 0) is 6.18 Å². The molecule has 0 fully saturated rings. The third kappa shape index (κ3) is 3.79. The number of fused-ring (bicyclic) bond motifs is 3. The number of aromatic nitrogens is 3. The summed E-state index contributed by atoms with van der Waals surface area (Å²) in [6.07, 6.45) is -11.9. The lowest BCUT2D eigenvalue weighted by Crippen LogP contribution is -2.21. The summed E-state index contributed by atoms with van der Waals surface area (Å²) < 4.78 is 86.3. The van der Waals surface area contributed by atoms with E-state index in [1.54, 1.807) is 0 Å². The van der Waals surface area contributed by atoms with Crippen molar-refractivity contribution in [3.63, 3.8) is 0 Å². The standard InChI is InChI=1S/C21H13F6N3O2/c1-32-11-6-4-10(5-7-11)19-29-16-14(17(30-19)20(22,23)24)9-13(18(31)21(25,26)27)12-3-2-8-28-15(12)16/h2-9,18,31H,1H3. The SMILES string of the molecule is COc1ccc(-c2nc(C(F)(F)F)c3cc(C(O)C(F)(F)F)c4cccnc4c3n2)cc1. The molecule has 11 heteroatoms. The van der Waals surface area contributed by atoms with Crippen LogP contribution in [-0.4, -0.2) is 33.3 Å². The molecule has 1 unspecified atom stereocenters. The molecule has 4 rings (SSSR count). The summed E-state index contributed by atoms with van der Waals surface area (Å²) in [5.74, 6) is 0.173. The zero-order chi connectivity index (χ0) is 23.3. The highest BCUT2D eigenvalue weighted by Gasteiger charge is 2.42. The number of hydrogen-bond acceptors (Lipinski definition) is 5. The van der Waals surface area contributed by atoms with Crippen LogP contribution in [0.4, 0.5) is 26.3 Å². The van der Waals surface area contributed by atoms with Crippen LogP contribution in [0.3, 0.4) is 0 Å². The topological polar surface area (TPSA) is 68.1 Å². The Kier molecular flexibility index (Phi) is 5.16. The van der Waals surface area contributed by atoms with Crippen LogP contribution in [0.5, 0.6) is 5.75 Å². The van der Waals surface area contributed by atoms with E-state index >= 15 is 0 Å². The van der Waals surface area contributed by atoms with Gasteiger partial charge in [0.05, 0.1) is 12.6 Å². The van der Waals surface area contributed by atoms with Gasteiger partial charge in [0.15, 0.2) is 17.6 Å². The molecular formula is C21H13F6N3O2. The van der Waals surface area contributed by atoms with Crippen LogP contribution in [0.1, 0.15) is 17.4 Å². The average Bonchev–Trinajstić information content (AvgIpc) is 2.76. The minimum absolute atomic E-state index is 0.169. The fourth-order valence-corrected chi connectivity index (χ4v) is 3.33. The maximum absolute atomic E-state index is 13.9. The van der Waals surface area contributed by atoms with Crippen molar-refractivity contribution in [2.45, 2.75) is 18.5 Å². The Morgan fingerprint density at radius 3 is 2.19 bits per heavy atom. The lowest BCUT2D eigenvalue weighted by molar-refractivity contribution is -0.206. The normalized spacial score (nSPS) is 13.5. The van der Waals surface area contributed by atoms with E-state index in [9.17, 15) is 31.4 Å². The monoisotopic (exact) mass is 453 g/mol. The van der Waals surface area contributed by atoms with Gasteiger partial charge in [0, 0.05) is 22.5 Å². The van der Waals surface area contributed by atoms with Crippen LogP contribution in [0, 0.1) is 0 Å². The zero-order valence-corrected chi connectivity index (χ0v) is 16.2. The van der Waals surface area contributed by atoms with E-state index in [1.807, 2.05) is 0 Å². The summed E-state index contributed by atoms with van der Waals surface area (Å²) in [5, 5.41) is 8.94. The number of hydrogen-bond donors (Lipinski definition) is 1. The predicted octanol–water partition coefficient (Wildman–Crippen LogP) is 5.47. The number of aliphatic hydroxyl groups excluding tert-OH is 1. The van der Waals surface area contributed by atoms with Crippen LogP contribution < -0.4 is 4.74 Å². The van der Waals surface area contributed by atoms with E-state index in [4.69, 9.17) is 4.74 Å². The molecule has 0 amide bonds. The zero-order valence-electron chi connectivity index (χ0n) is 16.2. The van der Waals surface area contributed by atoms with E-state index in [0.29, 0.717) is 11.8 Å². The van der Waals surface area contributed by atoms with Crippen molar-refractivity contribution in [1.29, 1.82) is 0 Å². The molecule has 0 aliphatic carbocycles.